The summed E-state index contributed by atoms with van der Waals surface area (Å²) in [7, 11) is 0. The number of rotatable bonds is 7. The maximum Gasteiger partial charge on any atom is 0.303 e. The minimum atomic E-state index is -0.742. The van der Waals surface area contributed by atoms with E-state index in [1.807, 2.05) is 24.3 Å². The monoisotopic (exact) mass is 287 g/mol. The fraction of sp³-hybridized carbons (Fsp3) is 0.438. The summed E-state index contributed by atoms with van der Waals surface area (Å²) in [6.07, 6.45) is 3.55. The largest absolute Gasteiger partial charge is 0.481 e. The fourth-order valence-corrected chi connectivity index (χ4v) is 2.14. The Balaban J connectivity index is 1.88. The van der Waals surface area contributed by atoms with E-state index in [9.17, 15) is 4.79 Å². The highest BCUT2D eigenvalue weighted by Crippen LogP contribution is 2.26. The third-order valence-corrected chi connectivity index (χ3v) is 3.59. The Bertz CT molecular complexity index is 626. The maximum atomic E-state index is 10.6. The lowest BCUT2D eigenvalue weighted by molar-refractivity contribution is -0.137. The summed E-state index contributed by atoms with van der Waals surface area (Å²) in [5.74, 6) is -0.128. The zero-order chi connectivity index (χ0) is 15.3. The van der Waals surface area contributed by atoms with Gasteiger partial charge in [0.25, 0.3) is 0 Å². The molecule has 0 aliphatic heterocycles. The number of hydrogen-bond donors (Lipinski definition) is 2. The van der Waals surface area contributed by atoms with E-state index in [2.05, 4.69) is 29.1 Å². The molecule has 2 N–H and O–H groups in total. The van der Waals surface area contributed by atoms with Crippen LogP contribution in [0.1, 0.15) is 33.1 Å². The summed E-state index contributed by atoms with van der Waals surface area (Å²) in [6.45, 7) is 4.89. The van der Waals surface area contributed by atoms with Gasteiger partial charge in [0, 0.05) is 24.5 Å². The third kappa shape index (κ3) is 4.70. The zero-order valence-corrected chi connectivity index (χ0v) is 12.5. The fourth-order valence-electron chi connectivity index (χ4n) is 2.14. The number of para-hydroxylation sites is 1. The molecule has 0 saturated heterocycles. The molecule has 112 valence electrons. The molecule has 1 aromatic carbocycles. The van der Waals surface area contributed by atoms with Gasteiger partial charge in [0.15, 0.2) is 0 Å². The highest BCUT2D eigenvalue weighted by molar-refractivity contribution is 5.78. The Morgan fingerprint density at radius 3 is 2.81 bits per heavy atom. The van der Waals surface area contributed by atoms with Crippen LogP contribution >= 0.6 is 0 Å². The van der Waals surface area contributed by atoms with Crippen molar-refractivity contribution in [2.24, 2.45) is 5.41 Å². The van der Waals surface area contributed by atoms with Gasteiger partial charge in [-0.25, -0.2) is 9.97 Å². The van der Waals surface area contributed by atoms with Gasteiger partial charge in [0.2, 0.25) is 5.95 Å². The van der Waals surface area contributed by atoms with Crippen LogP contribution in [0.15, 0.2) is 30.5 Å². The topological polar surface area (TPSA) is 75.1 Å². The Hall–Kier alpha value is -2.17. The van der Waals surface area contributed by atoms with Crippen LogP contribution < -0.4 is 5.32 Å². The van der Waals surface area contributed by atoms with Crippen LogP contribution in [-0.2, 0) is 4.79 Å². The van der Waals surface area contributed by atoms with E-state index in [1.165, 1.54) is 0 Å². The molecule has 0 unspecified atom stereocenters. The molecule has 0 aliphatic carbocycles. The standard InChI is InChI=1S/C16H21N3O2/c1-16(2,8-7-14(20)21)9-10-17-15-18-11-12-5-3-4-6-13(12)19-15/h3-6,11H,7-10H2,1-2H3,(H,20,21)(H,17,18,19). The molecule has 5 heteroatoms. The summed E-state index contributed by atoms with van der Waals surface area (Å²) >= 11 is 0. The van der Waals surface area contributed by atoms with Crippen molar-refractivity contribution in [3.8, 4) is 0 Å². The number of nitrogens with one attached hydrogen (secondary N) is 1. The molecule has 0 fully saturated rings. The number of fused-ring (bicyclic) bond motifs is 1. The second-order valence-corrected chi connectivity index (χ2v) is 5.99. The number of carboxylic acids is 1. The van der Waals surface area contributed by atoms with Crippen LogP contribution in [0.5, 0.6) is 0 Å². The van der Waals surface area contributed by atoms with Crippen LogP contribution in [0.25, 0.3) is 10.9 Å². The van der Waals surface area contributed by atoms with Gasteiger partial charge >= 0.3 is 5.97 Å². The van der Waals surface area contributed by atoms with Crippen LogP contribution in [0.3, 0.4) is 0 Å². The van der Waals surface area contributed by atoms with Crippen molar-refractivity contribution in [3.05, 3.63) is 30.5 Å². The number of benzene rings is 1. The predicted molar refractivity (Wildman–Crippen MR) is 83.3 cm³/mol. The van der Waals surface area contributed by atoms with Gasteiger partial charge in [0.1, 0.15) is 0 Å². The Morgan fingerprint density at radius 2 is 2.05 bits per heavy atom. The van der Waals surface area contributed by atoms with E-state index in [0.29, 0.717) is 12.4 Å². The molecule has 1 aromatic heterocycles. The van der Waals surface area contributed by atoms with Gasteiger partial charge in [-0.2, -0.15) is 0 Å². The molecule has 2 aromatic rings. The second kappa shape index (κ2) is 6.52. The number of aromatic nitrogens is 2. The molecular formula is C16H21N3O2. The van der Waals surface area contributed by atoms with E-state index in [0.717, 1.165) is 23.9 Å². The number of anilines is 1. The second-order valence-electron chi connectivity index (χ2n) is 5.99. The van der Waals surface area contributed by atoms with Crippen LogP contribution in [0.4, 0.5) is 5.95 Å². The van der Waals surface area contributed by atoms with Gasteiger partial charge in [-0.05, 0) is 24.3 Å². The Labute approximate surface area is 124 Å². The van der Waals surface area contributed by atoms with Crippen molar-refractivity contribution in [1.82, 2.24) is 9.97 Å². The van der Waals surface area contributed by atoms with Crippen molar-refractivity contribution in [3.63, 3.8) is 0 Å². The number of nitrogens with zero attached hydrogens (tertiary/aromatic N) is 2. The average Bonchev–Trinajstić information content (AvgIpc) is 2.45. The summed E-state index contributed by atoms with van der Waals surface area (Å²) in [4.78, 5) is 19.4. The zero-order valence-electron chi connectivity index (χ0n) is 12.5. The van der Waals surface area contributed by atoms with Crippen molar-refractivity contribution in [2.75, 3.05) is 11.9 Å². The first-order valence-electron chi connectivity index (χ1n) is 7.14. The highest BCUT2D eigenvalue weighted by Gasteiger charge is 2.18. The Kier molecular flexibility index (Phi) is 4.73. The highest BCUT2D eigenvalue weighted by atomic mass is 16.4. The first kappa shape index (κ1) is 15.2. The average molecular weight is 287 g/mol. The first-order chi connectivity index (χ1) is 9.96. The number of aliphatic carboxylic acids is 1. The van der Waals surface area contributed by atoms with E-state index >= 15 is 0 Å². The number of carbonyl (C=O) groups is 1. The molecule has 0 bridgehead atoms. The lowest BCUT2D eigenvalue weighted by Crippen LogP contribution is -2.19. The molecule has 0 radical (unpaired) electrons. The van der Waals surface area contributed by atoms with E-state index < -0.39 is 5.97 Å². The van der Waals surface area contributed by atoms with Crippen molar-refractivity contribution >= 4 is 22.8 Å². The summed E-state index contributed by atoms with van der Waals surface area (Å²) < 4.78 is 0. The van der Waals surface area contributed by atoms with Crippen molar-refractivity contribution < 1.29 is 9.90 Å². The van der Waals surface area contributed by atoms with Crippen molar-refractivity contribution in [2.45, 2.75) is 33.1 Å². The number of carboxylic acid groups (broad SMARTS) is 1. The molecule has 0 saturated carbocycles. The minimum absolute atomic E-state index is 0.0117. The van der Waals surface area contributed by atoms with Crippen LogP contribution in [0, 0.1) is 5.41 Å². The lowest BCUT2D eigenvalue weighted by atomic mass is 9.84. The molecule has 1 heterocycles. The lowest BCUT2D eigenvalue weighted by Gasteiger charge is -2.23. The summed E-state index contributed by atoms with van der Waals surface area (Å²) in [6, 6.07) is 7.85. The molecule has 0 aliphatic rings. The van der Waals surface area contributed by atoms with Gasteiger partial charge in [-0.1, -0.05) is 32.0 Å². The van der Waals surface area contributed by atoms with Crippen LogP contribution in [-0.4, -0.2) is 27.6 Å². The molecular weight excluding hydrogens is 266 g/mol. The molecule has 2 rings (SSSR count). The third-order valence-electron chi connectivity index (χ3n) is 3.59. The summed E-state index contributed by atoms with van der Waals surface area (Å²) in [5, 5.41) is 13.0. The van der Waals surface area contributed by atoms with E-state index in [4.69, 9.17) is 5.11 Å². The summed E-state index contributed by atoms with van der Waals surface area (Å²) in [5.41, 5.74) is 0.905. The molecule has 5 nitrogen and oxygen atoms in total. The molecule has 0 amide bonds. The smallest absolute Gasteiger partial charge is 0.303 e. The molecule has 0 spiro atoms. The first-order valence-corrected chi connectivity index (χ1v) is 7.14. The number of hydrogen-bond acceptors (Lipinski definition) is 4. The molecule has 0 atom stereocenters. The Morgan fingerprint density at radius 1 is 1.29 bits per heavy atom. The van der Waals surface area contributed by atoms with Crippen molar-refractivity contribution in [1.29, 1.82) is 0 Å². The van der Waals surface area contributed by atoms with Gasteiger partial charge in [0.05, 0.1) is 5.52 Å². The maximum absolute atomic E-state index is 10.6. The van der Waals surface area contributed by atoms with Crippen LogP contribution in [0.2, 0.25) is 0 Å². The normalized spacial score (nSPS) is 11.5. The molecule has 21 heavy (non-hydrogen) atoms. The van der Waals surface area contributed by atoms with Gasteiger partial charge in [-0.15, -0.1) is 0 Å². The quantitative estimate of drug-likeness (QED) is 0.817. The van der Waals surface area contributed by atoms with E-state index in [-0.39, 0.29) is 11.8 Å². The SMILES string of the molecule is CC(C)(CCNc1ncc2ccccc2n1)CCC(=O)O. The van der Waals surface area contributed by atoms with Gasteiger partial charge in [-0.3, -0.25) is 4.79 Å². The van der Waals surface area contributed by atoms with E-state index in [1.54, 1.807) is 6.20 Å². The minimum Gasteiger partial charge on any atom is -0.481 e. The van der Waals surface area contributed by atoms with Gasteiger partial charge < -0.3 is 10.4 Å². The predicted octanol–water partition coefficient (Wildman–Crippen LogP) is 3.32.